The first-order valence-electron chi connectivity index (χ1n) is 8.49. The summed E-state index contributed by atoms with van der Waals surface area (Å²) in [4.78, 5) is 2.37. The molecule has 21 heavy (non-hydrogen) atoms. The van der Waals surface area contributed by atoms with Crippen LogP contribution in [-0.4, -0.2) is 29.6 Å². The van der Waals surface area contributed by atoms with Crippen LogP contribution in [0.3, 0.4) is 0 Å². The number of fused-ring (bicyclic) bond motifs is 2. The van der Waals surface area contributed by atoms with Gasteiger partial charge in [0, 0.05) is 12.6 Å². The molecule has 2 aliphatic rings. The number of rotatable bonds is 5. The molecule has 2 nitrogen and oxygen atoms in total. The number of hydrogen-bond acceptors (Lipinski definition) is 2. The van der Waals surface area contributed by atoms with Crippen LogP contribution in [0.25, 0.3) is 0 Å². The van der Waals surface area contributed by atoms with E-state index in [-0.39, 0.29) is 6.04 Å². The van der Waals surface area contributed by atoms with Gasteiger partial charge in [-0.15, -0.1) is 0 Å². The van der Waals surface area contributed by atoms with E-state index in [1.54, 1.807) is 0 Å². The third kappa shape index (κ3) is 3.17. The number of aliphatic hydroxyl groups excluding tert-OH is 1. The Morgan fingerprint density at radius 1 is 1.19 bits per heavy atom. The summed E-state index contributed by atoms with van der Waals surface area (Å²) in [5, 5.41) is 10.6. The molecule has 0 spiro atoms. The largest absolute Gasteiger partial charge is 0.387 e. The second-order valence-electron chi connectivity index (χ2n) is 7.47. The molecule has 2 saturated carbocycles. The number of aryl methyl sites for hydroxylation is 1. The van der Waals surface area contributed by atoms with Crippen molar-refractivity contribution in [3.05, 3.63) is 35.4 Å². The summed E-state index contributed by atoms with van der Waals surface area (Å²) in [7, 11) is 2.17. The number of benzene rings is 1. The molecule has 1 N–H and O–H groups in total. The molecule has 0 aromatic heterocycles. The highest BCUT2D eigenvalue weighted by molar-refractivity contribution is 5.24. The highest BCUT2D eigenvalue weighted by atomic mass is 16.3. The molecule has 2 heteroatoms. The molecule has 0 heterocycles. The van der Waals surface area contributed by atoms with E-state index < -0.39 is 6.10 Å². The van der Waals surface area contributed by atoms with E-state index in [0.29, 0.717) is 0 Å². The molecule has 2 bridgehead atoms. The summed E-state index contributed by atoms with van der Waals surface area (Å²) in [5.41, 5.74) is 2.28. The maximum atomic E-state index is 10.6. The first-order chi connectivity index (χ1) is 10.0. The van der Waals surface area contributed by atoms with Crippen LogP contribution < -0.4 is 0 Å². The zero-order valence-electron chi connectivity index (χ0n) is 13.6. The van der Waals surface area contributed by atoms with Crippen LogP contribution in [0.15, 0.2) is 24.3 Å². The fourth-order valence-corrected chi connectivity index (χ4v) is 4.42. The minimum Gasteiger partial charge on any atom is -0.387 e. The summed E-state index contributed by atoms with van der Waals surface area (Å²) >= 11 is 0. The Bertz CT molecular complexity index is 469. The van der Waals surface area contributed by atoms with Crippen molar-refractivity contribution in [3.8, 4) is 0 Å². The molecule has 1 aromatic carbocycles. The highest BCUT2D eigenvalue weighted by Gasteiger charge is 2.40. The lowest BCUT2D eigenvalue weighted by Crippen LogP contribution is -2.38. The number of hydrogen-bond donors (Lipinski definition) is 1. The molecule has 0 radical (unpaired) electrons. The van der Waals surface area contributed by atoms with E-state index in [1.165, 1.54) is 31.2 Å². The fraction of sp³-hybridized carbons (Fsp3) is 0.684. The normalized spacial score (nSPS) is 30.8. The van der Waals surface area contributed by atoms with Gasteiger partial charge in [-0.3, -0.25) is 0 Å². The quantitative estimate of drug-likeness (QED) is 0.891. The molecule has 1 aromatic rings. The standard InChI is InChI=1S/C19H29NO/c1-13-4-7-16(8-5-13)19(21)14(2)20(3)12-18-11-15-6-9-17(18)10-15/h4-5,7-8,14-15,17-19,21H,6,9-12H2,1-3H3. The monoisotopic (exact) mass is 287 g/mol. The molecular formula is C19H29NO. The molecule has 116 valence electrons. The van der Waals surface area contributed by atoms with E-state index in [1.807, 2.05) is 0 Å². The van der Waals surface area contributed by atoms with Gasteiger partial charge in [0.25, 0.3) is 0 Å². The maximum absolute atomic E-state index is 10.6. The Kier molecular flexibility index (Phi) is 4.37. The third-order valence-corrected chi connectivity index (χ3v) is 5.98. The van der Waals surface area contributed by atoms with Crippen LogP contribution in [0.1, 0.15) is 49.8 Å². The summed E-state index contributed by atoms with van der Waals surface area (Å²) in [6.45, 7) is 5.38. The molecule has 2 fully saturated rings. The van der Waals surface area contributed by atoms with Gasteiger partial charge in [-0.05, 0) is 63.5 Å². The van der Waals surface area contributed by atoms with E-state index in [0.717, 1.165) is 29.9 Å². The second-order valence-corrected chi connectivity index (χ2v) is 7.47. The lowest BCUT2D eigenvalue weighted by atomic mass is 9.88. The minimum atomic E-state index is -0.394. The topological polar surface area (TPSA) is 23.5 Å². The summed E-state index contributed by atoms with van der Waals surface area (Å²) < 4.78 is 0. The van der Waals surface area contributed by atoms with Crippen LogP contribution in [-0.2, 0) is 0 Å². The van der Waals surface area contributed by atoms with Gasteiger partial charge in [-0.2, -0.15) is 0 Å². The zero-order valence-corrected chi connectivity index (χ0v) is 13.6. The average Bonchev–Trinajstić information content (AvgIpc) is 3.09. The molecule has 3 rings (SSSR count). The van der Waals surface area contributed by atoms with E-state index >= 15 is 0 Å². The molecule has 5 atom stereocenters. The minimum absolute atomic E-state index is 0.173. The highest BCUT2D eigenvalue weighted by Crippen LogP contribution is 2.48. The van der Waals surface area contributed by atoms with Crippen molar-refractivity contribution in [3.63, 3.8) is 0 Å². The van der Waals surface area contributed by atoms with Crippen molar-refractivity contribution < 1.29 is 5.11 Å². The van der Waals surface area contributed by atoms with Crippen LogP contribution in [0.2, 0.25) is 0 Å². The first kappa shape index (κ1) is 15.1. The van der Waals surface area contributed by atoms with Crippen LogP contribution in [0, 0.1) is 24.7 Å². The smallest absolute Gasteiger partial charge is 0.0942 e. The predicted molar refractivity (Wildman–Crippen MR) is 87.2 cm³/mol. The molecule has 0 aliphatic heterocycles. The molecule has 0 saturated heterocycles. The van der Waals surface area contributed by atoms with E-state index in [9.17, 15) is 5.11 Å². The zero-order chi connectivity index (χ0) is 15.0. The van der Waals surface area contributed by atoms with Crippen LogP contribution >= 0.6 is 0 Å². The lowest BCUT2D eigenvalue weighted by Gasteiger charge is -2.33. The Morgan fingerprint density at radius 3 is 2.48 bits per heavy atom. The van der Waals surface area contributed by atoms with Gasteiger partial charge in [-0.25, -0.2) is 0 Å². The molecule has 5 unspecified atom stereocenters. The summed E-state index contributed by atoms with van der Waals surface area (Å²) in [5.74, 6) is 2.83. The molecular weight excluding hydrogens is 258 g/mol. The predicted octanol–water partition coefficient (Wildman–Crippen LogP) is 3.78. The number of nitrogens with zero attached hydrogens (tertiary/aromatic N) is 1. The Morgan fingerprint density at radius 2 is 1.90 bits per heavy atom. The summed E-state index contributed by atoms with van der Waals surface area (Å²) in [6, 6.07) is 8.46. The molecule has 0 amide bonds. The van der Waals surface area contributed by atoms with Gasteiger partial charge in [0.2, 0.25) is 0 Å². The van der Waals surface area contributed by atoms with Crippen molar-refractivity contribution in [2.24, 2.45) is 17.8 Å². The molecule has 2 aliphatic carbocycles. The first-order valence-corrected chi connectivity index (χ1v) is 8.49. The van der Waals surface area contributed by atoms with Crippen molar-refractivity contribution in [1.82, 2.24) is 4.90 Å². The van der Waals surface area contributed by atoms with Crippen LogP contribution in [0.4, 0.5) is 0 Å². The van der Waals surface area contributed by atoms with Gasteiger partial charge >= 0.3 is 0 Å². The van der Waals surface area contributed by atoms with Crippen molar-refractivity contribution in [2.75, 3.05) is 13.6 Å². The maximum Gasteiger partial charge on any atom is 0.0942 e. The van der Waals surface area contributed by atoms with E-state index in [4.69, 9.17) is 0 Å². The van der Waals surface area contributed by atoms with E-state index in [2.05, 4.69) is 50.1 Å². The second kappa shape index (κ2) is 6.10. The van der Waals surface area contributed by atoms with Gasteiger partial charge < -0.3 is 10.0 Å². The van der Waals surface area contributed by atoms with Crippen molar-refractivity contribution >= 4 is 0 Å². The Labute approximate surface area is 129 Å². The van der Waals surface area contributed by atoms with Gasteiger partial charge in [-0.1, -0.05) is 36.2 Å². The SMILES string of the molecule is Cc1ccc(C(O)C(C)N(C)CC2CC3CCC2C3)cc1. The number of likely N-dealkylation sites (N-methyl/N-ethyl adjacent to an activating group) is 1. The van der Waals surface area contributed by atoms with Crippen molar-refractivity contribution in [2.45, 2.75) is 51.7 Å². The van der Waals surface area contributed by atoms with Crippen molar-refractivity contribution in [1.29, 1.82) is 0 Å². The Hall–Kier alpha value is -0.860. The third-order valence-electron chi connectivity index (χ3n) is 5.98. The van der Waals surface area contributed by atoms with Gasteiger partial charge in [0.1, 0.15) is 0 Å². The Balaban J connectivity index is 1.58. The lowest BCUT2D eigenvalue weighted by molar-refractivity contribution is 0.0583. The fourth-order valence-electron chi connectivity index (χ4n) is 4.42. The summed E-state index contributed by atoms with van der Waals surface area (Å²) in [6.07, 6.45) is 5.40. The van der Waals surface area contributed by atoms with Crippen LogP contribution in [0.5, 0.6) is 0 Å². The number of aliphatic hydroxyl groups is 1. The van der Waals surface area contributed by atoms with Gasteiger partial charge in [0.05, 0.1) is 6.10 Å². The average molecular weight is 287 g/mol. The van der Waals surface area contributed by atoms with Gasteiger partial charge in [0.15, 0.2) is 0 Å².